The quantitative estimate of drug-likeness (QED) is 0.0814. The second kappa shape index (κ2) is 23.5. The lowest BCUT2D eigenvalue weighted by Gasteiger charge is -2.41. The Kier molecular flexibility index (Phi) is 20.5. The maximum atomic E-state index is 14.7. The number of rotatable bonds is 20. The van der Waals surface area contributed by atoms with Gasteiger partial charge in [-0.1, -0.05) is 94.9 Å². The molecule has 2 rings (SSSR count). The first-order valence-electron chi connectivity index (χ1n) is 22.8. The van der Waals surface area contributed by atoms with E-state index < -0.39 is 82.4 Å². The maximum Gasteiger partial charge on any atom is 0.408 e. The van der Waals surface area contributed by atoms with Crippen molar-refractivity contribution < 1.29 is 43.0 Å². The van der Waals surface area contributed by atoms with Crippen LogP contribution in [0.5, 0.6) is 0 Å². The summed E-state index contributed by atoms with van der Waals surface area (Å²) in [6, 6.07) is -4.05. The standard InChI is InChI=1S/C46H82N6O9/c1-27(2)21-33(37(53)47-36(24-30(7)8)40(56)52-46(42(58)60-14)20-16-18-32(10)26-46)49-41(57)45(19-15-17-31(9)25-45)51-39(55)35(23-29(5)6)48-38(54)34(22-28(3)4)50-43(59)61-44(11,12)13/h27-36H,15-26H2,1-14H3,(H,47,53)(H,48,54)(H,49,57)(H,50,59)(H,51,55)(H,52,56)/t31-,32-,33+,34+,35+,36+,45-,46-/m1/s1. The average Bonchev–Trinajstić information content (AvgIpc) is 3.11. The lowest BCUT2D eigenvalue weighted by Crippen LogP contribution is -2.66. The minimum atomic E-state index is -1.39. The summed E-state index contributed by atoms with van der Waals surface area (Å²) in [5, 5.41) is 17.5. The Morgan fingerprint density at radius 2 is 0.918 bits per heavy atom. The highest BCUT2D eigenvalue weighted by Gasteiger charge is 2.47. The summed E-state index contributed by atoms with van der Waals surface area (Å²) < 4.78 is 10.6. The Hall–Kier alpha value is -3.91. The number of hydrogen-bond acceptors (Lipinski definition) is 9. The maximum absolute atomic E-state index is 14.7. The molecule has 15 nitrogen and oxygen atoms in total. The van der Waals surface area contributed by atoms with Crippen molar-refractivity contribution in [1.82, 2.24) is 31.9 Å². The molecular formula is C46H82N6O9. The van der Waals surface area contributed by atoms with Crippen LogP contribution in [0.4, 0.5) is 4.79 Å². The molecule has 2 saturated carbocycles. The third kappa shape index (κ3) is 17.4. The van der Waals surface area contributed by atoms with E-state index >= 15 is 0 Å². The normalized spacial score (nSPS) is 23.9. The fourth-order valence-corrected chi connectivity index (χ4v) is 8.77. The first kappa shape index (κ1) is 53.2. The predicted octanol–water partition coefficient (Wildman–Crippen LogP) is 5.82. The second-order valence-corrected chi connectivity index (χ2v) is 20.9. The molecule has 2 aliphatic carbocycles. The molecule has 0 bridgehead atoms. The summed E-state index contributed by atoms with van der Waals surface area (Å²) >= 11 is 0. The molecule has 0 aromatic rings. The smallest absolute Gasteiger partial charge is 0.408 e. The lowest BCUT2D eigenvalue weighted by molar-refractivity contribution is -0.153. The number of esters is 1. The molecule has 6 N–H and O–H groups in total. The minimum absolute atomic E-state index is 0.00349. The molecule has 0 aromatic heterocycles. The van der Waals surface area contributed by atoms with Gasteiger partial charge in [-0.3, -0.25) is 24.0 Å². The topological polar surface area (TPSA) is 210 Å². The van der Waals surface area contributed by atoms with Crippen LogP contribution in [-0.2, 0) is 38.2 Å². The van der Waals surface area contributed by atoms with Crippen molar-refractivity contribution in [2.75, 3.05) is 7.11 Å². The van der Waals surface area contributed by atoms with Gasteiger partial charge in [-0.2, -0.15) is 0 Å². The van der Waals surface area contributed by atoms with Crippen LogP contribution in [0.15, 0.2) is 0 Å². The van der Waals surface area contributed by atoms with Crippen LogP contribution in [-0.4, -0.2) is 89.6 Å². The summed E-state index contributed by atoms with van der Waals surface area (Å²) in [4.78, 5) is 97.0. The number of alkyl carbamates (subject to hydrolysis) is 1. The zero-order valence-corrected chi connectivity index (χ0v) is 39.9. The molecule has 0 unspecified atom stereocenters. The van der Waals surface area contributed by atoms with Gasteiger partial charge in [0.15, 0.2) is 0 Å². The van der Waals surface area contributed by atoms with Gasteiger partial charge in [-0.25, -0.2) is 9.59 Å². The first-order valence-corrected chi connectivity index (χ1v) is 22.8. The molecule has 0 radical (unpaired) electrons. The Morgan fingerprint density at radius 3 is 1.30 bits per heavy atom. The molecule has 6 amide bonds. The average molecular weight is 863 g/mol. The summed E-state index contributed by atoms with van der Waals surface area (Å²) in [7, 11) is 1.31. The number of methoxy groups -OCH3 is 1. The molecule has 2 aliphatic rings. The minimum Gasteiger partial charge on any atom is -0.467 e. The van der Waals surface area contributed by atoms with Gasteiger partial charge in [-0.05, 0) is 108 Å². The van der Waals surface area contributed by atoms with Gasteiger partial charge in [0.25, 0.3) is 0 Å². The van der Waals surface area contributed by atoms with Crippen molar-refractivity contribution in [2.45, 2.75) is 208 Å². The molecule has 0 heterocycles. The molecule has 0 spiro atoms. The van der Waals surface area contributed by atoms with Crippen LogP contribution in [0.3, 0.4) is 0 Å². The highest BCUT2D eigenvalue weighted by Crippen LogP contribution is 2.35. The van der Waals surface area contributed by atoms with Crippen molar-refractivity contribution in [3.63, 3.8) is 0 Å². The highest BCUT2D eigenvalue weighted by atomic mass is 16.6. The first-order chi connectivity index (χ1) is 28.2. The van der Waals surface area contributed by atoms with Crippen LogP contribution in [0.25, 0.3) is 0 Å². The highest BCUT2D eigenvalue weighted by molar-refractivity contribution is 5.98. The van der Waals surface area contributed by atoms with Gasteiger partial charge in [0.2, 0.25) is 29.5 Å². The Labute approximate surface area is 366 Å². The molecule has 0 aliphatic heterocycles. The number of carbonyl (C=O) groups excluding carboxylic acids is 7. The van der Waals surface area contributed by atoms with E-state index in [0.29, 0.717) is 44.9 Å². The predicted molar refractivity (Wildman–Crippen MR) is 236 cm³/mol. The zero-order chi connectivity index (χ0) is 46.5. The summed E-state index contributed by atoms with van der Waals surface area (Å²) in [5.74, 6) is -2.91. The van der Waals surface area contributed by atoms with E-state index in [0.717, 1.165) is 19.3 Å². The number of hydrogen-bond donors (Lipinski definition) is 6. The second-order valence-electron chi connectivity index (χ2n) is 20.9. The van der Waals surface area contributed by atoms with Crippen molar-refractivity contribution >= 4 is 41.6 Å². The van der Waals surface area contributed by atoms with E-state index in [4.69, 9.17) is 9.47 Å². The van der Waals surface area contributed by atoms with Crippen LogP contribution in [0, 0.1) is 35.5 Å². The molecule has 0 saturated heterocycles. The van der Waals surface area contributed by atoms with Crippen LogP contribution < -0.4 is 31.9 Å². The van der Waals surface area contributed by atoms with Crippen LogP contribution in [0.2, 0.25) is 0 Å². The third-order valence-corrected chi connectivity index (χ3v) is 11.5. The van der Waals surface area contributed by atoms with E-state index in [1.165, 1.54) is 7.11 Å². The SMILES string of the molecule is COC(=O)[C@@]1(NC(=O)[C@H](CC(C)C)NC(=O)[C@H](CC(C)C)NC(=O)[C@@]2(NC(=O)[C@H](CC(C)C)NC(=O)[C@H](CC(C)C)NC(=O)OC(C)(C)C)CCC[C@@H](C)C2)CCC[C@@H](C)C1. The molecular weight excluding hydrogens is 781 g/mol. The fourth-order valence-electron chi connectivity index (χ4n) is 8.77. The van der Waals surface area contributed by atoms with Crippen LogP contribution >= 0.6 is 0 Å². The van der Waals surface area contributed by atoms with E-state index in [1.807, 2.05) is 69.2 Å². The molecule has 350 valence electrons. The van der Waals surface area contributed by atoms with E-state index in [-0.39, 0.29) is 48.3 Å². The van der Waals surface area contributed by atoms with Crippen molar-refractivity contribution in [1.29, 1.82) is 0 Å². The van der Waals surface area contributed by atoms with E-state index in [1.54, 1.807) is 20.8 Å². The van der Waals surface area contributed by atoms with Gasteiger partial charge in [0, 0.05) is 0 Å². The fraction of sp³-hybridized carbons (Fsp3) is 0.848. The van der Waals surface area contributed by atoms with Crippen molar-refractivity contribution in [3.05, 3.63) is 0 Å². The summed E-state index contributed by atoms with van der Waals surface area (Å²) in [5.41, 5.74) is -3.37. The number of nitrogens with one attached hydrogen (secondary N) is 6. The molecule has 61 heavy (non-hydrogen) atoms. The van der Waals surface area contributed by atoms with Gasteiger partial charge < -0.3 is 41.4 Å². The zero-order valence-electron chi connectivity index (χ0n) is 39.9. The van der Waals surface area contributed by atoms with Crippen molar-refractivity contribution in [3.8, 4) is 0 Å². The monoisotopic (exact) mass is 863 g/mol. The number of carbonyl (C=O) groups is 7. The number of ether oxygens (including phenoxy) is 2. The Bertz CT molecular complexity index is 1510. The van der Waals surface area contributed by atoms with Gasteiger partial charge in [-0.15, -0.1) is 0 Å². The summed E-state index contributed by atoms with van der Waals surface area (Å²) in [6.45, 7) is 24.7. The molecule has 2 fully saturated rings. The molecule has 15 heteroatoms. The lowest BCUT2D eigenvalue weighted by atomic mass is 9.75. The molecule has 0 aromatic carbocycles. The molecule has 8 atom stereocenters. The van der Waals surface area contributed by atoms with Gasteiger partial charge >= 0.3 is 12.1 Å². The summed E-state index contributed by atoms with van der Waals surface area (Å²) in [6.07, 6.45) is 5.00. The Balaban J connectivity index is 2.42. The third-order valence-electron chi connectivity index (χ3n) is 11.5. The van der Waals surface area contributed by atoms with E-state index in [2.05, 4.69) is 31.9 Å². The number of amides is 6. The van der Waals surface area contributed by atoms with E-state index in [9.17, 15) is 33.6 Å². The van der Waals surface area contributed by atoms with Gasteiger partial charge in [0.1, 0.15) is 40.8 Å². The van der Waals surface area contributed by atoms with Crippen LogP contribution in [0.1, 0.15) is 167 Å². The van der Waals surface area contributed by atoms with Gasteiger partial charge in [0.05, 0.1) is 7.11 Å². The Morgan fingerprint density at radius 1 is 0.557 bits per heavy atom. The largest absolute Gasteiger partial charge is 0.467 e. The van der Waals surface area contributed by atoms with Crippen molar-refractivity contribution in [2.24, 2.45) is 35.5 Å².